The first-order valence-electron chi connectivity index (χ1n) is 7.72. The van der Waals surface area contributed by atoms with E-state index in [0.717, 1.165) is 37.6 Å². The monoisotopic (exact) mass is 300 g/mol. The van der Waals surface area contributed by atoms with E-state index in [4.69, 9.17) is 0 Å². The lowest BCUT2D eigenvalue weighted by atomic mass is 10.2. The number of rotatable bonds is 4. The van der Waals surface area contributed by atoms with E-state index in [1.54, 1.807) is 0 Å². The topological polar surface area (TPSA) is 59.8 Å². The molecule has 0 bridgehead atoms. The van der Waals surface area contributed by atoms with Gasteiger partial charge in [0.15, 0.2) is 11.5 Å². The summed E-state index contributed by atoms with van der Waals surface area (Å²) in [6, 6.07) is 1.45. The fraction of sp³-hybridized carbons (Fsp3) is 0.438. The largest absolute Gasteiger partial charge is 0.318 e. The van der Waals surface area contributed by atoms with E-state index in [9.17, 15) is 9.18 Å². The molecular weight excluding hydrogens is 283 g/mol. The standard InChI is InChI=1S/C16H17FN4O/c17-12-8-18-7-6-13(12)19-16(22)15-11-2-1-3-14(11)21(20-15)9-10-4-5-10/h6-8,10H,1-5,9H2,(H,18,19,22). The Morgan fingerprint density at radius 2 is 2.27 bits per heavy atom. The van der Waals surface area contributed by atoms with Gasteiger partial charge in [-0.1, -0.05) is 0 Å². The van der Waals surface area contributed by atoms with Crippen molar-refractivity contribution < 1.29 is 9.18 Å². The molecule has 1 fully saturated rings. The van der Waals surface area contributed by atoms with Crippen LogP contribution >= 0.6 is 0 Å². The number of hydrogen-bond acceptors (Lipinski definition) is 3. The molecule has 22 heavy (non-hydrogen) atoms. The molecule has 0 spiro atoms. The number of carbonyl (C=O) groups excluding carboxylic acids is 1. The van der Waals surface area contributed by atoms with Crippen molar-refractivity contribution in [2.75, 3.05) is 5.32 Å². The van der Waals surface area contributed by atoms with Gasteiger partial charge in [-0.25, -0.2) is 4.39 Å². The molecule has 114 valence electrons. The van der Waals surface area contributed by atoms with Crippen LogP contribution in [0, 0.1) is 11.7 Å². The van der Waals surface area contributed by atoms with E-state index in [2.05, 4.69) is 15.4 Å². The number of nitrogens with zero attached hydrogens (tertiary/aromatic N) is 3. The minimum Gasteiger partial charge on any atom is -0.318 e. The first kappa shape index (κ1) is 13.4. The summed E-state index contributed by atoms with van der Waals surface area (Å²) in [4.78, 5) is 16.1. The Morgan fingerprint density at radius 1 is 1.41 bits per heavy atom. The third kappa shape index (κ3) is 2.38. The summed E-state index contributed by atoms with van der Waals surface area (Å²) in [6.45, 7) is 0.902. The highest BCUT2D eigenvalue weighted by molar-refractivity contribution is 6.04. The number of aromatic nitrogens is 3. The van der Waals surface area contributed by atoms with E-state index in [0.29, 0.717) is 11.6 Å². The average molecular weight is 300 g/mol. The van der Waals surface area contributed by atoms with Crippen molar-refractivity contribution in [3.8, 4) is 0 Å². The Bertz CT molecular complexity index is 736. The second-order valence-electron chi connectivity index (χ2n) is 6.06. The van der Waals surface area contributed by atoms with Crippen LogP contribution in [0.25, 0.3) is 0 Å². The van der Waals surface area contributed by atoms with Crippen LogP contribution in [-0.2, 0) is 19.4 Å². The number of nitrogens with one attached hydrogen (secondary N) is 1. The Labute approximate surface area is 127 Å². The molecule has 1 amide bonds. The second kappa shape index (κ2) is 5.19. The molecule has 0 radical (unpaired) electrons. The smallest absolute Gasteiger partial charge is 0.276 e. The third-order valence-corrected chi connectivity index (χ3v) is 4.37. The van der Waals surface area contributed by atoms with Gasteiger partial charge in [-0.2, -0.15) is 5.10 Å². The molecule has 1 saturated carbocycles. The molecule has 0 unspecified atom stereocenters. The zero-order chi connectivity index (χ0) is 15.1. The van der Waals surface area contributed by atoms with Gasteiger partial charge in [0.05, 0.1) is 11.9 Å². The van der Waals surface area contributed by atoms with Crippen molar-refractivity contribution >= 4 is 11.6 Å². The van der Waals surface area contributed by atoms with E-state index >= 15 is 0 Å². The van der Waals surface area contributed by atoms with E-state index in [1.807, 2.05) is 4.68 Å². The Morgan fingerprint density at radius 3 is 3.05 bits per heavy atom. The summed E-state index contributed by atoms with van der Waals surface area (Å²) in [5, 5.41) is 7.11. The number of anilines is 1. The molecule has 2 heterocycles. The molecule has 2 aliphatic carbocycles. The van der Waals surface area contributed by atoms with Gasteiger partial charge in [0.25, 0.3) is 5.91 Å². The fourth-order valence-corrected chi connectivity index (χ4v) is 3.05. The van der Waals surface area contributed by atoms with Crippen LogP contribution < -0.4 is 5.32 Å². The van der Waals surface area contributed by atoms with Gasteiger partial charge in [0.2, 0.25) is 0 Å². The van der Waals surface area contributed by atoms with Crippen LogP contribution in [0.5, 0.6) is 0 Å². The van der Waals surface area contributed by atoms with Gasteiger partial charge < -0.3 is 5.32 Å². The highest BCUT2D eigenvalue weighted by Crippen LogP contribution is 2.33. The van der Waals surface area contributed by atoms with Crippen molar-refractivity contribution in [1.29, 1.82) is 0 Å². The molecule has 4 rings (SSSR count). The van der Waals surface area contributed by atoms with Gasteiger partial charge >= 0.3 is 0 Å². The summed E-state index contributed by atoms with van der Waals surface area (Å²) in [7, 11) is 0. The maximum atomic E-state index is 13.6. The molecule has 2 aromatic rings. The van der Waals surface area contributed by atoms with Gasteiger partial charge in [0, 0.05) is 24.0 Å². The molecule has 0 saturated heterocycles. The number of halogens is 1. The van der Waals surface area contributed by atoms with Crippen molar-refractivity contribution in [2.45, 2.75) is 38.6 Å². The van der Waals surface area contributed by atoms with Crippen molar-refractivity contribution in [1.82, 2.24) is 14.8 Å². The molecule has 1 N–H and O–H groups in total. The maximum Gasteiger partial charge on any atom is 0.276 e. The predicted molar refractivity (Wildman–Crippen MR) is 79.1 cm³/mol. The summed E-state index contributed by atoms with van der Waals surface area (Å²) >= 11 is 0. The van der Waals surface area contributed by atoms with E-state index in [1.165, 1.54) is 30.8 Å². The molecule has 0 atom stereocenters. The first-order valence-corrected chi connectivity index (χ1v) is 7.72. The average Bonchev–Trinajstić information content (AvgIpc) is 3.07. The number of fused-ring (bicyclic) bond motifs is 1. The van der Waals surface area contributed by atoms with Crippen molar-refractivity contribution in [3.63, 3.8) is 0 Å². The molecule has 2 aromatic heterocycles. The van der Waals surface area contributed by atoms with Gasteiger partial charge in [-0.15, -0.1) is 0 Å². The minimum absolute atomic E-state index is 0.142. The predicted octanol–water partition coefficient (Wildman–Crippen LogP) is 2.57. The molecule has 0 aliphatic heterocycles. The highest BCUT2D eigenvalue weighted by Gasteiger charge is 2.30. The third-order valence-electron chi connectivity index (χ3n) is 4.37. The normalized spacial score (nSPS) is 16.6. The lowest BCUT2D eigenvalue weighted by Gasteiger charge is -2.05. The van der Waals surface area contributed by atoms with Crippen LogP contribution in [0.2, 0.25) is 0 Å². The fourth-order valence-electron chi connectivity index (χ4n) is 3.05. The zero-order valence-electron chi connectivity index (χ0n) is 12.2. The van der Waals surface area contributed by atoms with E-state index < -0.39 is 5.82 Å². The highest BCUT2D eigenvalue weighted by atomic mass is 19.1. The van der Waals surface area contributed by atoms with Crippen LogP contribution in [0.15, 0.2) is 18.5 Å². The Kier molecular flexibility index (Phi) is 3.17. The number of pyridine rings is 1. The first-order chi connectivity index (χ1) is 10.7. The van der Waals surface area contributed by atoms with Gasteiger partial charge in [0.1, 0.15) is 0 Å². The number of hydrogen-bond donors (Lipinski definition) is 1. The Balaban J connectivity index is 1.61. The molecule has 2 aliphatic rings. The van der Waals surface area contributed by atoms with Crippen molar-refractivity contribution in [3.05, 3.63) is 41.2 Å². The molecule has 5 nitrogen and oxygen atoms in total. The van der Waals surface area contributed by atoms with Gasteiger partial charge in [-0.3, -0.25) is 14.5 Å². The lowest BCUT2D eigenvalue weighted by molar-refractivity contribution is 0.102. The second-order valence-corrected chi connectivity index (χ2v) is 6.06. The summed E-state index contributed by atoms with van der Waals surface area (Å²) in [5.74, 6) is -0.166. The van der Waals surface area contributed by atoms with Gasteiger partial charge in [-0.05, 0) is 44.1 Å². The molecule has 0 aromatic carbocycles. The van der Waals surface area contributed by atoms with Crippen molar-refractivity contribution in [2.24, 2.45) is 5.92 Å². The van der Waals surface area contributed by atoms with Crippen LogP contribution in [-0.4, -0.2) is 20.7 Å². The maximum absolute atomic E-state index is 13.6. The zero-order valence-corrected chi connectivity index (χ0v) is 12.2. The van der Waals surface area contributed by atoms with Crippen LogP contribution in [0.4, 0.5) is 10.1 Å². The van der Waals surface area contributed by atoms with E-state index in [-0.39, 0.29) is 11.6 Å². The molecular formula is C16H17FN4O. The number of carbonyl (C=O) groups is 1. The summed E-state index contributed by atoms with van der Waals surface area (Å²) < 4.78 is 15.6. The molecule has 6 heteroatoms. The van der Waals surface area contributed by atoms with Crippen LogP contribution in [0.3, 0.4) is 0 Å². The lowest BCUT2D eigenvalue weighted by Crippen LogP contribution is -2.16. The SMILES string of the molecule is O=C(Nc1ccncc1F)c1nn(CC2CC2)c2c1CCC2. The number of amides is 1. The Hall–Kier alpha value is -2.24. The summed E-state index contributed by atoms with van der Waals surface area (Å²) in [6.07, 6.45) is 7.95. The van der Waals surface area contributed by atoms with Crippen LogP contribution in [0.1, 0.15) is 41.0 Å². The summed E-state index contributed by atoms with van der Waals surface area (Å²) in [5.41, 5.74) is 2.81. The quantitative estimate of drug-likeness (QED) is 0.944. The minimum atomic E-state index is -0.537.